The Kier molecular flexibility index (Phi) is 2.83. The van der Waals surface area contributed by atoms with Gasteiger partial charge in [-0.2, -0.15) is 0 Å². The van der Waals surface area contributed by atoms with E-state index in [1.165, 1.54) is 12.0 Å². The van der Waals surface area contributed by atoms with Crippen LogP contribution in [0.3, 0.4) is 0 Å². The molecule has 3 rings (SSSR count). The van der Waals surface area contributed by atoms with Crippen molar-refractivity contribution in [2.45, 2.75) is 56.9 Å². The summed E-state index contributed by atoms with van der Waals surface area (Å²) >= 11 is 0. The number of nitrogens with two attached hydrogens (primary N) is 1. The first-order valence-electron chi connectivity index (χ1n) is 6.84. The number of nitrogen functional groups attached to an aromatic ring is 1. The van der Waals surface area contributed by atoms with E-state index in [-0.39, 0.29) is 5.72 Å². The highest BCUT2D eigenvalue weighted by molar-refractivity contribution is 5.40. The summed E-state index contributed by atoms with van der Waals surface area (Å²) in [5.74, 6) is 0.636. The van der Waals surface area contributed by atoms with Crippen LogP contribution in [0.2, 0.25) is 0 Å². The summed E-state index contributed by atoms with van der Waals surface area (Å²) in [6, 6.07) is 8.84. The lowest BCUT2D eigenvalue weighted by Gasteiger charge is -2.30. The highest BCUT2D eigenvalue weighted by Gasteiger charge is 2.42. The molecule has 1 heterocycles. The minimum atomic E-state index is -0.161. The third kappa shape index (κ3) is 2.25. The van der Waals surface area contributed by atoms with Gasteiger partial charge in [0.2, 0.25) is 0 Å². The Morgan fingerprint density at radius 2 is 1.94 bits per heavy atom. The van der Waals surface area contributed by atoms with E-state index in [2.05, 4.69) is 31.3 Å². The van der Waals surface area contributed by atoms with E-state index in [0.717, 1.165) is 18.5 Å². The van der Waals surface area contributed by atoms with Crippen LogP contribution in [0.25, 0.3) is 0 Å². The molecule has 1 aliphatic heterocycles. The van der Waals surface area contributed by atoms with Gasteiger partial charge in [0.25, 0.3) is 0 Å². The van der Waals surface area contributed by atoms with Crippen LogP contribution in [0.1, 0.15) is 44.6 Å². The first kappa shape index (κ1) is 12.0. The number of benzene rings is 1. The Morgan fingerprint density at radius 3 is 2.67 bits per heavy atom. The van der Waals surface area contributed by atoms with Gasteiger partial charge < -0.3 is 10.5 Å². The number of rotatable bonds is 1. The second-order valence-electron chi connectivity index (χ2n) is 6.09. The van der Waals surface area contributed by atoms with Crippen molar-refractivity contribution < 1.29 is 4.74 Å². The topological polar surface area (TPSA) is 47.3 Å². The highest BCUT2D eigenvalue weighted by atomic mass is 16.5. The summed E-state index contributed by atoms with van der Waals surface area (Å²) in [7, 11) is 0. The van der Waals surface area contributed by atoms with Gasteiger partial charge in [0.1, 0.15) is 5.72 Å². The van der Waals surface area contributed by atoms with Crippen LogP contribution in [0, 0.1) is 0 Å². The molecular formula is C15H22N2O. The van der Waals surface area contributed by atoms with Crippen molar-refractivity contribution in [1.29, 1.82) is 0 Å². The highest BCUT2D eigenvalue weighted by Crippen LogP contribution is 2.39. The van der Waals surface area contributed by atoms with E-state index < -0.39 is 0 Å². The van der Waals surface area contributed by atoms with Crippen LogP contribution in [-0.2, 0) is 4.74 Å². The van der Waals surface area contributed by atoms with Crippen molar-refractivity contribution in [2.24, 2.45) is 0 Å². The Bertz CT molecular complexity index is 427. The van der Waals surface area contributed by atoms with E-state index in [1.54, 1.807) is 0 Å². The van der Waals surface area contributed by atoms with Crippen LogP contribution < -0.4 is 11.1 Å². The van der Waals surface area contributed by atoms with Crippen LogP contribution in [-0.4, -0.2) is 17.9 Å². The molecule has 3 unspecified atom stereocenters. The molecule has 1 saturated heterocycles. The van der Waals surface area contributed by atoms with Gasteiger partial charge >= 0.3 is 0 Å². The average Bonchev–Trinajstić information content (AvgIpc) is 2.62. The molecule has 1 aliphatic carbocycles. The van der Waals surface area contributed by atoms with Crippen LogP contribution >= 0.6 is 0 Å². The van der Waals surface area contributed by atoms with Crippen molar-refractivity contribution in [3.63, 3.8) is 0 Å². The minimum absolute atomic E-state index is 0.161. The van der Waals surface area contributed by atoms with Crippen LogP contribution in [0.15, 0.2) is 24.3 Å². The zero-order valence-corrected chi connectivity index (χ0v) is 11.1. The predicted molar refractivity (Wildman–Crippen MR) is 73.3 cm³/mol. The number of hydrogen-bond acceptors (Lipinski definition) is 3. The first-order valence-corrected chi connectivity index (χ1v) is 6.84. The molecule has 98 valence electrons. The molecule has 1 aromatic carbocycles. The molecule has 3 atom stereocenters. The molecule has 3 N–H and O–H groups in total. The standard InChI is InChI=1S/C15H22N2O/c1-15(2)17-13-9-11(5-8-14(13)18-15)10-3-6-12(16)7-4-10/h3-4,6-7,11,13-14,17H,5,8-9,16H2,1-2H3. The zero-order chi connectivity index (χ0) is 12.8. The van der Waals surface area contributed by atoms with Crippen molar-refractivity contribution >= 4 is 5.69 Å². The number of hydrogen-bond donors (Lipinski definition) is 2. The van der Waals surface area contributed by atoms with Crippen molar-refractivity contribution in [3.8, 4) is 0 Å². The SMILES string of the molecule is CC1(C)NC2CC(c3ccc(N)cc3)CCC2O1. The summed E-state index contributed by atoms with van der Waals surface area (Å²) in [5.41, 5.74) is 7.84. The third-order valence-electron chi connectivity index (χ3n) is 4.17. The molecule has 2 fully saturated rings. The normalized spacial score (nSPS) is 34.2. The quantitative estimate of drug-likeness (QED) is 0.749. The van der Waals surface area contributed by atoms with E-state index >= 15 is 0 Å². The molecule has 1 saturated carbocycles. The van der Waals surface area contributed by atoms with Gasteiger partial charge in [0.05, 0.1) is 6.10 Å². The summed E-state index contributed by atoms with van der Waals surface area (Å²) in [6.45, 7) is 4.23. The van der Waals surface area contributed by atoms with Crippen molar-refractivity contribution in [1.82, 2.24) is 5.32 Å². The van der Waals surface area contributed by atoms with Gasteiger partial charge in [-0.3, -0.25) is 5.32 Å². The van der Waals surface area contributed by atoms with E-state index in [9.17, 15) is 0 Å². The first-order chi connectivity index (χ1) is 8.53. The van der Waals surface area contributed by atoms with Gasteiger partial charge in [-0.25, -0.2) is 0 Å². The largest absolute Gasteiger partial charge is 0.399 e. The number of anilines is 1. The molecule has 0 amide bonds. The van der Waals surface area contributed by atoms with Crippen LogP contribution in [0.4, 0.5) is 5.69 Å². The maximum Gasteiger partial charge on any atom is 0.114 e. The number of nitrogens with one attached hydrogen (secondary N) is 1. The second kappa shape index (κ2) is 4.25. The Morgan fingerprint density at radius 1 is 1.22 bits per heavy atom. The molecule has 1 aromatic rings. The molecule has 0 spiro atoms. The molecule has 0 aromatic heterocycles. The maximum atomic E-state index is 6.02. The fourth-order valence-corrected chi connectivity index (χ4v) is 3.37. The maximum absolute atomic E-state index is 6.02. The molecule has 3 heteroatoms. The fourth-order valence-electron chi connectivity index (χ4n) is 3.37. The minimum Gasteiger partial charge on any atom is -0.399 e. The zero-order valence-electron chi connectivity index (χ0n) is 11.1. The number of ether oxygens (including phenoxy) is 1. The van der Waals surface area contributed by atoms with Gasteiger partial charge in [-0.1, -0.05) is 12.1 Å². The molecule has 18 heavy (non-hydrogen) atoms. The summed E-state index contributed by atoms with van der Waals surface area (Å²) < 4.78 is 6.02. The molecular weight excluding hydrogens is 224 g/mol. The smallest absolute Gasteiger partial charge is 0.114 e. The van der Waals surface area contributed by atoms with E-state index in [0.29, 0.717) is 18.1 Å². The van der Waals surface area contributed by atoms with Gasteiger partial charge in [0.15, 0.2) is 0 Å². The summed E-state index contributed by atoms with van der Waals surface area (Å²) in [4.78, 5) is 0. The molecule has 0 radical (unpaired) electrons. The van der Waals surface area contributed by atoms with Gasteiger partial charge in [-0.15, -0.1) is 0 Å². The molecule has 0 bridgehead atoms. The summed E-state index contributed by atoms with van der Waals surface area (Å²) in [5, 5.41) is 3.60. The lowest BCUT2D eigenvalue weighted by Crippen LogP contribution is -2.41. The monoisotopic (exact) mass is 246 g/mol. The lowest BCUT2D eigenvalue weighted by atomic mass is 9.80. The van der Waals surface area contributed by atoms with E-state index in [4.69, 9.17) is 10.5 Å². The Labute approximate surface area is 109 Å². The Balaban J connectivity index is 1.72. The van der Waals surface area contributed by atoms with Crippen molar-refractivity contribution in [2.75, 3.05) is 5.73 Å². The molecule has 3 nitrogen and oxygen atoms in total. The number of fused-ring (bicyclic) bond motifs is 1. The third-order valence-corrected chi connectivity index (χ3v) is 4.17. The summed E-state index contributed by atoms with van der Waals surface area (Å²) in [6.07, 6.45) is 3.92. The van der Waals surface area contributed by atoms with Crippen molar-refractivity contribution in [3.05, 3.63) is 29.8 Å². The van der Waals surface area contributed by atoms with Crippen LogP contribution in [0.5, 0.6) is 0 Å². The second-order valence-corrected chi connectivity index (χ2v) is 6.09. The Hall–Kier alpha value is -1.06. The molecule has 2 aliphatic rings. The van der Waals surface area contributed by atoms with Gasteiger partial charge in [0, 0.05) is 11.7 Å². The lowest BCUT2D eigenvalue weighted by molar-refractivity contribution is -0.0326. The fraction of sp³-hybridized carbons (Fsp3) is 0.600. The predicted octanol–water partition coefficient (Wildman–Crippen LogP) is 2.63. The van der Waals surface area contributed by atoms with E-state index in [1.807, 2.05) is 12.1 Å². The average molecular weight is 246 g/mol. The van der Waals surface area contributed by atoms with Gasteiger partial charge in [-0.05, 0) is 56.7 Å².